The molecule has 116 valence electrons. The van der Waals surface area contributed by atoms with E-state index in [2.05, 4.69) is 5.32 Å². The Kier molecular flexibility index (Phi) is 4.49. The summed E-state index contributed by atoms with van der Waals surface area (Å²) >= 11 is -0.316. The summed E-state index contributed by atoms with van der Waals surface area (Å²) in [6.45, 7) is 0.0502. The van der Waals surface area contributed by atoms with Gasteiger partial charge in [-0.25, -0.2) is 8.42 Å². The van der Waals surface area contributed by atoms with Crippen LogP contribution in [0.2, 0.25) is 0 Å². The van der Waals surface area contributed by atoms with Gasteiger partial charge in [0.15, 0.2) is 0 Å². The van der Waals surface area contributed by atoms with E-state index in [4.69, 9.17) is 0 Å². The predicted molar refractivity (Wildman–Crippen MR) is 70.1 cm³/mol. The van der Waals surface area contributed by atoms with Gasteiger partial charge < -0.3 is 5.32 Å². The Hall–Kier alpha value is -1.26. The Morgan fingerprint density at radius 3 is 2.33 bits per heavy atom. The van der Waals surface area contributed by atoms with Crippen molar-refractivity contribution in [2.45, 2.75) is 15.3 Å². The minimum atomic E-state index is -4.43. The molecule has 0 bridgehead atoms. The van der Waals surface area contributed by atoms with Crippen molar-refractivity contribution in [3.05, 3.63) is 24.3 Å². The van der Waals surface area contributed by atoms with Crippen LogP contribution in [0.25, 0.3) is 0 Å². The SMILES string of the molecule is O=C1CN(S(=O)(=O)c2ccc(SC(F)(F)F)cc2)CCN1. The molecule has 5 nitrogen and oxygen atoms in total. The van der Waals surface area contributed by atoms with E-state index in [0.29, 0.717) is 0 Å². The number of thioether (sulfide) groups is 1. The first kappa shape index (κ1) is 16.1. The smallest absolute Gasteiger partial charge is 0.354 e. The van der Waals surface area contributed by atoms with Crippen molar-refractivity contribution in [2.75, 3.05) is 19.6 Å². The lowest BCUT2D eigenvalue weighted by Crippen LogP contribution is -2.49. The van der Waals surface area contributed by atoms with E-state index in [1.54, 1.807) is 0 Å². The zero-order chi connectivity index (χ0) is 15.7. The van der Waals surface area contributed by atoms with Crippen molar-refractivity contribution in [1.29, 1.82) is 0 Å². The van der Waals surface area contributed by atoms with Crippen LogP contribution in [0.5, 0.6) is 0 Å². The van der Waals surface area contributed by atoms with Gasteiger partial charge in [0.2, 0.25) is 15.9 Å². The van der Waals surface area contributed by atoms with Crippen molar-refractivity contribution in [3.8, 4) is 0 Å². The molecular formula is C11H11F3N2O3S2. The Bertz CT molecular complexity index is 629. The molecule has 1 aliphatic heterocycles. The number of nitrogens with zero attached hydrogens (tertiary/aromatic N) is 1. The maximum absolute atomic E-state index is 12.2. The zero-order valence-corrected chi connectivity index (χ0v) is 12.2. The number of carbonyl (C=O) groups excluding carboxylic acids is 1. The normalized spacial score (nSPS) is 17.6. The van der Waals surface area contributed by atoms with Crippen LogP contribution in [-0.2, 0) is 14.8 Å². The molecule has 0 aliphatic carbocycles. The monoisotopic (exact) mass is 340 g/mol. The molecule has 1 fully saturated rings. The van der Waals surface area contributed by atoms with E-state index < -0.39 is 21.4 Å². The average molecular weight is 340 g/mol. The van der Waals surface area contributed by atoms with Crippen molar-refractivity contribution in [3.63, 3.8) is 0 Å². The van der Waals surface area contributed by atoms with Crippen molar-refractivity contribution >= 4 is 27.7 Å². The highest BCUT2D eigenvalue weighted by molar-refractivity contribution is 8.00. The molecule has 10 heteroatoms. The molecule has 1 N–H and O–H groups in total. The van der Waals surface area contributed by atoms with E-state index in [1.807, 2.05) is 0 Å². The van der Waals surface area contributed by atoms with Crippen LogP contribution in [0.1, 0.15) is 0 Å². The van der Waals surface area contributed by atoms with Gasteiger partial charge in [-0.2, -0.15) is 17.5 Å². The van der Waals surface area contributed by atoms with Crippen LogP contribution in [0, 0.1) is 0 Å². The number of carbonyl (C=O) groups is 1. The molecule has 2 rings (SSSR count). The summed E-state index contributed by atoms with van der Waals surface area (Å²) < 4.78 is 62.1. The highest BCUT2D eigenvalue weighted by atomic mass is 32.2. The Morgan fingerprint density at radius 1 is 1.19 bits per heavy atom. The van der Waals surface area contributed by atoms with Crippen molar-refractivity contribution in [2.24, 2.45) is 0 Å². The summed E-state index contributed by atoms with van der Waals surface area (Å²) in [6.07, 6.45) is 0. The van der Waals surface area contributed by atoms with Crippen molar-refractivity contribution in [1.82, 2.24) is 9.62 Å². The first-order chi connectivity index (χ1) is 9.68. The third-order valence-corrected chi connectivity index (χ3v) is 5.30. The molecule has 0 unspecified atom stereocenters. The van der Waals surface area contributed by atoms with Gasteiger partial charge in [0.05, 0.1) is 11.4 Å². The second-order valence-corrected chi connectivity index (χ2v) is 7.28. The number of hydrogen-bond donors (Lipinski definition) is 1. The molecule has 1 amide bonds. The third-order valence-electron chi connectivity index (χ3n) is 2.70. The fourth-order valence-electron chi connectivity index (χ4n) is 1.78. The van der Waals surface area contributed by atoms with E-state index >= 15 is 0 Å². The number of piperazine rings is 1. The first-order valence-corrected chi connectivity index (χ1v) is 8.07. The van der Waals surface area contributed by atoms with Crippen LogP contribution in [0.3, 0.4) is 0 Å². The molecule has 1 heterocycles. The molecule has 0 saturated carbocycles. The standard InChI is InChI=1S/C11H11F3N2O3S2/c12-11(13,14)20-8-1-3-9(4-2-8)21(18,19)16-6-5-15-10(17)7-16/h1-4H,5-7H2,(H,15,17). The molecule has 1 aliphatic rings. The lowest BCUT2D eigenvalue weighted by atomic mass is 10.4. The summed E-state index contributed by atoms with van der Waals surface area (Å²) in [6, 6.07) is 4.40. The molecule has 0 atom stereocenters. The van der Waals surface area contributed by atoms with Gasteiger partial charge in [0, 0.05) is 18.0 Å². The van der Waals surface area contributed by atoms with Gasteiger partial charge in [-0.3, -0.25) is 4.79 Å². The summed E-state index contributed by atoms with van der Waals surface area (Å²) in [5.41, 5.74) is -4.43. The van der Waals surface area contributed by atoms with Crippen LogP contribution in [0.15, 0.2) is 34.1 Å². The molecule has 1 saturated heterocycles. The highest BCUT2D eigenvalue weighted by Gasteiger charge is 2.31. The summed E-state index contributed by atoms with van der Waals surface area (Å²) in [5, 5.41) is 2.50. The molecule has 21 heavy (non-hydrogen) atoms. The van der Waals surface area contributed by atoms with E-state index in [1.165, 1.54) is 0 Å². The Labute approximate surface area is 123 Å². The van der Waals surface area contributed by atoms with E-state index in [0.717, 1.165) is 28.6 Å². The van der Waals surface area contributed by atoms with Crippen molar-refractivity contribution < 1.29 is 26.4 Å². The first-order valence-electron chi connectivity index (χ1n) is 5.81. The lowest BCUT2D eigenvalue weighted by Gasteiger charge is -2.25. The maximum atomic E-state index is 12.2. The van der Waals surface area contributed by atoms with Gasteiger partial charge >= 0.3 is 5.51 Å². The van der Waals surface area contributed by atoms with Gasteiger partial charge in [-0.1, -0.05) is 0 Å². The fourth-order valence-corrected chi connectivity index (χ4v) is 3.72. The number of amides is 1. The molecular weight excluding hydrogens is 329 g/mol. The number of hydrogen-bond acceptors (Lipinski definition) is 4. The van der Waals surface area contributed by atoms with Gasteiger partial charge in [0.25, 0.3) is 0 Å². The Morgan fingerprint density at radius 2 is 1.81 bits per heavy atom. The number of sulfonamides is 1. The second kappa shape index (κ2) is 5.85. The molecule has 1 aromatic rings. The van der Waals surface area contributed by atoms with E-state index in [-0.39, 0.29) is 41.2 Å². The Balaban J connectivity index is 2.19. The zero-order valence-electron chi connectivity index (χ0n) is 10.6. The summed E-state index contributed by atoms with van der Waals surface area (Å²) in [5.74, 6) is -0.408. The largest absolute Gasteiger partial charge is 0.446 e. The lowest BCUT2D eigenvalue weighted by molar-refractivity contribution is -0.122. The number of alkyl halides is 3. The van der Waals surface area contributed by atoms with Crippen LogP contribution in [-0.4, -0.2) is 43.8 Å². The topological polar surface area (TPSA) is 66.5 Å². The van der Waals surface area contributed by atoms with Gasteiger partial charge in [0.1, 0.15) is 0 Å². The molecule has 1 aromatic carbocycles. The fraction of sp³-hybridized carbons (Fsp3) is 0.364. The summed E-state index contributed by atoms with van der Waals surface area (Å²) in [7, 11) is -3.87. The molecule has 0 spiro atoms. The van der Waals surface area contributed by atoms with Gasteiger partial charge in [-0.15, -0.1) is 0 Å². The van der Waals surface area contributed by atoms with Crippen LogP contribution in [0.4, 0.5) is 13.2 Å². The quantitative estimate of drug-likeness (QED) is 0.845. The van der Waals surface area contributed by atoms with E-state index in [9.17, 15) is 26.4 Å². The average Bonchev–Trinajstić information content (AvgIpc) is 2.37. The number of halogens is 3. The predicted octanol–water partition coefficient (Wildman–Crippen LogP) is 1.42. The highest BCUT2D eigenvalue weighted by Crippen LogP contribution is 2.37. The van der Waals surface area contributed by atoms with Gasteiger partial charge in [-0.05, 0) is 36.0 Å². The third kappa shape index (κ3) is 4.11. The number of rotatable bonds is 3. The molecule has 0 aromatic heterocycles. The molecule has 0 radical (unpaired) electrons. The number of benzene rings is 1. The van der Waals surface area contributed by atoms with Crippen LogP contribution >= 0.6 is 11.8 Å². The summed E-state index contributed by atoms with van der Waals surface area (Å²) in [4.78, 5) is 11.0. The number of nitrogens with one attached hydrogen (secondary N) is 1. The second-order valence-electron chi connectivity index (χ2n) is 4.21. The minimum absolute atomic E-state index is 0.0992. The van der Waals surface area contributed by atoms with Crippen LogP contribution < -0.4 is 5.32 Å². The minimum Gasteiger partial charge on any atom is -0.354 e. The maximum Gasteiger partial charge on any atom is 0.446 e.